The Balaban J connectivity index is 3.68. The Morgan fingerprint density at radius 2 is 1.94 bits per heavy atom. The second kappa shape index (κ2) is 8.34. The molecule has 1 unspecified atom stereocenters. The molecule has 0 fully saturated rings. The third-order valence-corrected chi connectivity index (χ3v) is 2.64. The molecule has 4 nitrogen and oxygen atoms in total. The minimum Gasteiger partial charge on any atom is -0.393 e. The molecule has 17 heavy (non-hydrogen) atoms. The lowest BCUT2D eigenvalue weighted by Crippen LogP contribution is -2.41. The van der Waals surface area contributed by atoms with Gasteiger partial charge in [-0.2, -0.15) is 0 Å². The van der Waals surface area contributed by atoms with Crippen LogP contribution in [0.3, 0.4) is 0 Å². The van der Waals surface area contributed by atoms with Gasteiger partial charge in [0.15, 0.2) is 0 Å². The number of amides is 2. The zero-order valence-electron chi connectivity index (χ0n) is 11.7. The number of hydrogen-bond donors (Lipinski definition) is 3. The Kier molecular flexibility index (Phi) is 7.96. The first kappa shape index (κ1) is 16.2. The van der Waals surface area contributed by atoms with Crippen LogP contribution in [0, 0.1) is 5.41 Å². The third-order valence-electron chi connectivity index (χ3n) is 2.64. The Labute approximate surface area is 105 Å². The van der Waals surface area contributed by atoms with Crippen LogP contribution in [0.25, 0.3) is 0 Å². The lowest BCUT2D eigenvalue weighted by Gasteiger charge is -2.26. The van der Waals surface area contributed by atoms with Gasteiger partial charge >= 0.3 is 6.03 Å². The summed E-state index contributed by atoms with van der Waals surface area (Å²) in [6.07, 6.45) is 3.68. The van der Waals surface area contributed by atoms with Gasteiger partial charge in [-0.05, 0) is 25.2 Å². The van der Waals surface area contributed by atoms with E-state index in [0.717, 1.165) is 25.8 Å². The van der Waals surface area contributed by atoms with E-state index in [2.05, 4.69) is 17.6 Å². The molecule has 0 spiro atoms. The van der Waals surface area contributed by atoms with Gasteiger partial charge in [0.05, 0.1) is 6.10 Å². The zero-order chi connectivity index (χ0) is 13.3. The summed E-state index contributed by atoms with van der Waals surface area (Å²) < 4.78 is 0. The molecule has 0 aromatic heterocycles. The van der Waals surface area contributed by atoms with Crippen molar-refractivity contribution in [1.29, 1.82) is 0 Å². The van der Waals surface area contributed by atoms with Crippen LogP contribution in [0.15, 0.2) is 0 Å². The monoisotopic (exact) mass is 244 g/mol. The third kappa shape index (κ3) is 10.1. The van der Waals surface area contributed by atoms with Crippen molar-refractivity contribution in [3.63, 3.8) is 0 Å². The van der Waals surface area contributed by atoms with E-state index in [1.807, 2.05) is 13.8 Å². The molecule has 0 aliphatic rings. The summed E-state index contributed by atoms with van der Waals surface area (Å²) >= 11 is 0. The van der Waals surface area contributed by atoms with Crippen molar-refractivity contribution < 1.29 is 9.90 Å². The van der Waals surface area contributed by atoms with Gasteiger partial charge in [0.1, 0.15) is 0 Å². The molecule has 0 aliphatic carbocycles. The maximum atomic E-state index is 11.5. The number of nitrogens with one attached hydrogen (secondary N) is 2. The molecule has 2 amide bonds. The summed E-state index contributed by atoms with van der Waals surface area (Å²) in [6, 6.07) is -0.111. The van der Waals surface area contributed by atoms with E-state index in [1.165, 1.54) is 0 Å². The number of carbonyl (C=O) groups excluding carboxylic acids is 1. The molecule has 0 aromatic rings. The Hall–Kier alpha value is -0.770. The average Bonchev–Trinajstić information content (AvgIpc) is 2.20. The Bertz CT molecular complexity index is 215. The normalized spacial score (nSPS) is 13.2. The molecule has 0 saturated carbocycles. The molecule has 0 heterocycles. The first-order valence-corrected chi connectivity index (χ1v) is 6.57. The van der Waals surface area contributed by atoms with Crippen LogP contribution in [0.2, 0.25) is 0 Å². The zero-order valence-corrected chi connectivity index (χ0v) is 11.7. The highest BCUT2D eigenvalue weighted by Gasteiger charge is 2.20. The van der Waals surface area contributed by atoms with Crippen LogP contribution >= 0.6 is 0 Å². The van der Waals surface area contributed by atoms with Crippen molar-refractivity contribution in [3.8, 4) is 0 Å². The van der Waals surface area contributed by atoms with Crippen molar-refractivity contribution >= 4 is 6.03 Å². The highest BCUT2D eigenvalue weighted by molar-refractivity contribution is 5.73. The highest BCUT2D eigenvalue weighted by Crippen LogP contribution is 2.20. The molecular formula is C13H28N2O2. The summed E-state index contributed by atoms with van der Waals surface area (Å²) in [4.78, 5) is 11.5. The molecule has 102 valence electrons. The summed E-state index contributed by atoms with van der Waals surface area (Å²) in [6.45, 7) is 9.30. The summed E-state index contributed by atoms with van der Waals surface area (Å²) in [5.74, 6) is 0. The van der Waals surface area contributed by atoms with E-state index in [9.17, 15) is 9.90 Å². The van der Waals surface area contributed by atoms with E-state index in [0.29, 0.717) is 13.0 Å². The fourth-order valence-electron chi connectivity index (χ4n) is 1.83. The second-order valence-corrected chi connectivity index (χ2v) is 5.53. The number of aliphatic hydroxyl groups is 1. The Morgan fingerprint density at radius 1 is 1.29 bits per heavy atom. The number of urea groups is 1. The van der Waals surface area contributed by atoms with E-state index in [1.54, 1.807) is 6.92 Å². The molecule has 0 aliphatic heterocycles. The molecule has 0 radical (unpaired) electrons. The average molecular weight is 244 g/mol. The van der Waals surface area contributed by atoms with Crippen LogP contribution in [-0.4, -0.2) is 30.3 Å². The number of carbonyl (C=O) groups is 1. The second-order valence-electron chi connectivity index (χ2n) is 5.53. The molecule has 0 saturated heterocycles. The largest absolute Gasteiger partial charge is 0.393 e. The number of hydrogen-bond acceptors (Lipinski definition) is 2. The predicted octanol–water partition coefficient (Wildman–Crippen LogP) is 2.27. The molecule has 0 aromatic carbocycles. The topological polar surface area (TPSA) is 61.4 Å². The summed E-state index contributed by atoms with van der Waals surface area (Å²) in [7, 11) is 0. The molecule has 0 rings (SSSR count). The first-order valence-electron chi connectivity index (χ1n) is 6.57. The number of unbranched alkanes of at least 4 members (excludes halogenated alkanes) is 2. The van der Waals surface area contributed by atoms with E-state index in [-0.39, 0.29) is 17.6 Å². The lowest BCUT2D eigenvalue weighted by atomic mass is 9.87. The van der Waals surface area contributed by atoms with Gasteiger partial charge in [-0.1, -0.05) is 33.6 Å². The fourth-order valence-corrected chi connectivity index (χ4v) is 1.83. The standard InChI is InChI=1S/C13H28N2O2/c1-5-6-7-8-14-12(17)15-10-13(3,4)9-11(2)16/h11,16H,5-10H2,1-4H3,(H2,14,15,17). The van der Waals surface area contributed by atoms with Gasteiger partial charge in [-0.25, -0.2) is 4.79 Å². The first-order chi connectivity index (χ1) is 7.87. The summed E-state index contributed by atoms with van der Waals surface area (Å²) in [5.41, 5.74) is -0.0745. The maximum Gasteiger partial charge on any atom is 0.314 e. The molecule has 3 N–H and O–H groups in total. The van der Waals surface area contributed by atoms with E-state index < -0.39 is 0 Å². The van der Waals surface area contributed by atoms with Crippen LogP contribution < -0.4 is 10.6 Å². The minimum absolute atomic E-state index is 0.0745. The predicted molar refractivity (Wildman–Crippen MR) is 71.0 cm³/mol. The van der Waals surface area contributed by atoms with Gasteiger partial charge in [0, 0.05) is 13.1 Å². The smallest absolute Gasteiger partial charge is 0.314 e. The molecule has 1 atom stereocenters. The van der Waals surface area contributed by atoms with Gasteiger partial charge in [0.2, 0.25) is 0 Å². The van der Waals surface area contributed by atoms with Gasteiger partial charge < -0.3 is 15.7 Å². The van der Waals surface area contributed by atoms with Crippen molar-refractivity contribution in [2.75, 3.05) is 13.1 Å². The highest BCUT2D eigenvalue weighted by atomic mass is 16.3. The summed E-state index contributed by atoms with van der Waals surface area (Å²) in [5, 5.41) is 15.0. The van der Waals surface area contributed by atoms with Crippen LogP contribution in [0.5, 0.6) is 0 Å². The molecular weight excluding hydrogens is 216 g/mol. The van der Waals surface area contributed by atoms with Crippen molar-refractivity contribution in [1.82, 2.24) is 10.6 Å². The molecule has 4 heteroatoms. The van der Waals surface area contributed by atoms with Gasteiger partial charge in [-0.15, -0.1) is 0 Å². The minimum atomic E-state index is -0.334. The van der Waals surface area contributed by atoms with Crippen molar-refractivity contribution in [2.45, 2.75) is 59.5 Å². The van der Waals surface area contributed by atoms with Crippen molar-refractivity contribution in [3.05, 3.63) is 0 Å². The number of rotatable bonds is 8. The van der Waals surface area contributed by atoms with Crippen LogP contribution in [0.4, 0.5) is 4.79 Å². The number of aliphatic hydroxyl groups excluding tert-OH is 1. The quantitative estimate of drug-likeness (QED) is 0.574. The maximum absolute atomic E-state index is 11.5. The Morgan fingerprint density at radius 3 is 2.47 bits per heavy atom. The van der Waals surface area contributed by atoms with Crippen LogP contribution in [0.1, 0.15) is 53.4 Å². The van der Waals surface area contributed by atoms with E-state index in [4.69, 9.17) is 0 Å². The fraction of sp³-hybridized carbons (Fsp3) is 0.923. The SMILES string of the molecule is CCCCCNC(=O)NCC(C)(C)CC(C)O. The van der Waals surface area contributed by atoms with E-state index >= 15 is 0 Å². The van der Waals surface area contributed by atoms with Crippen molar-refractivity contribution in [2.24, 2.45) is 5.41 Å². The van der Waals surface area contributed by atoms with Gasteiger partial charge in [0.25, 0.3) is 0 Å². The lowest BCUT2D eigenvalue weighted by molar-refractivity contribution is 0.129. The van der Waals surface area contributed by atoms with Crippen LogP contribution in [-0.2, 0) is 0 Å². The van der Waals surface area contributed by atoms with Gasteiger partial charge in [-0.3, -0.25) is 0 Å². The molecule has 0 bridgehead atoms.